The first-order valence-electron chi connectivity index (χ1n) is 10.5. The molecule has 0 unspecified atom stereocenters. The number of rotatable bonds is 5. The molecule has 0 radical (unpaired) electrons. The monoisotopic (exact) mass is 535 g/mol. The Morgan fingerprint density at radius 1 is 0.789 bits per heavy atom. The fraction of sp³-hybridized carbons (Fsp3) is 0.0870. The zero-order valence-corrected chi connectivity index (χ0v) is 18.8. The van der Waals surface area contributed by atoms with Crippen LogP contribution in [0.3, 0.4) is 0 Å². The van der Waals surface area contributed by atoms with Crippen molar-refractivity contribution < 1.29 is 35.9 Å². The van der Waals surface area contributed by atoms with Gasteiger partial charge in [-0.15, -0.1) is 10.2 Å². The first-order chi connectivity index (χ1) is 17.8. The maximum absolute atomic E-state index is 13.1. The molecule has 15 heteroatoms. The van der Waals surface area contributed by atoms with Gasteiger partial charge < -0.3 is 16.4 Å². The van der Waals surface area contributed by atoms with Gasteiger partial charge in [0, 0.05) is 16.8 Å². The fourth-order valence-corrected chi connectivity index (χ4v) is 3.43. The minimum absolute atomic E-state index is 0.0364. The van der Waals surface area contributed by atoms with Crippen LogP contribution in [0.1, 0.15) is 21.5 Å². The molecule has 4 aromatic rings. The van der Waals surface area contributed by atoms with Crippen molar-refractivity contribution in [2.45, 2.75) is 12.4 Å². The summed E-state index contributed by atoms with van der Waals surface area (Å²) >= 11 is 0. The molecule has 0 saturated carbocycles. The van der Waals surface area contributed by atoms with Crippen LogP contribution < -0.4 is 16.4 Å². The van der Waals surface area contributed by atoms with Crippen molar-refractivity contribution in [3.05, 3.63) is 77.4 Å². The summed E-state index contributed by atoms with van der Waals surface area (Å²) in [5.41, 5.74) is 3.19. The van der Waals surface area contributed by atoms with E-state index in [1.54, 1.807) is 24.3 Å². The van der Waals surface area contributed by atoms with Crippen LogP contribution in [0.15, 0.2) is 60.7 Å². The zero-order valence-electron chi connectivity index (χ0n) is 18.8. The first-order valence-corrected chi connectivity index (χ1v) is 10.5. The summed E-state index contributed by atoms with van der Waals surface area (Å²) < 4.78 is 78.8. The Morgan fingerprint density at radius 3 is 1.92 bits per heavy atom. The van der Waals surface area contributed by atoms with Crippen molar-refractivity contribution in [1.29, 1.82) is 0 Å². The number of amides is 3. The van der Waals surface area contributed by atoms with Gasteiger partial charge in [0.2, 0.25) is 11.7 Å². The topological polar surface area (TPSA) is 139 Å². The standard InChI is InChI=1S/C23H15F6N7O2/c24-22(25,26)14-8-15(23(27,28)29)10-16(9-14)31-21(38)32-18-6-5-13(7-17(18)20-33-35-36-34-20)11-1-3-12(4-2-11)19(30)37/h1-10H,(H2,30,37)(H2,31,32,38)(H,33,34,35,36). The largest absolute Gasteiger partial charge is 0.416 e. The number of hydrogen-bond acceptors (Lipinski definition) is 5. The number of hydrogen-bond donors (Lipinski definition) is 4. The minimum atomic E-state index is -5.08. The van der Waals surface area contributed by atoms with E-state index in [1.807, 2.05) is 5.32 Å². The number of carbonyl (C=O) groups excluding carboxylic acids is 2. The number of aromatic amines is 1. The molecule has 0 atom stereocenters. The average Bonchev–Trinajstić information content (AvgIpc) is 3.38. The molecular formula is C23H15F6N7O2. The smallest absolute Gasteiger partial charge is 0.366 e. The third-order valence-corrected chi connectivity index (χ3v) is 5.20. The van der Waals surface area contributed by atoms with Gasteiger partial charge in [0.1, 0.15) is 0 Å². The highest BCUT2D eigenvalue weighted by Crippen LogP contribution is 2.38. The van der Waals surface area contributed by atoms with Gasteiger partial charge in [-0.2, -0.15) is 31.6 Å². The molecule has 0 fully saturated rings. The number of primary amides is 1. The summed E-state index contributed by atoms with van der Waals surface area (Å²) in [6, 6.07) is 10.4. The van der Waals surface area contributed by atoms with Crippen LogP contribution >= 0.6 is 0 Å². The molecule has 1 heterocycles. The Balaban J connectivity index is 1.64. The van der Waals surface area contributed by atoms with E-state index in [0.29, 0.717) is 23.3 Å². The number of H-pyrrole nitrogens is 1. The molecule has 0 bridgehead atoms. The maximum Gasteiger partial charge on any atom is 0.416 e. The van der Waals surface area contributed by atoms with Gasteiger partial charge in [0.05, 0.1) is 16.8 Å². The lowest BCUT2D eigenvalue weighted by molar-refractivity contribution is -0.143. The highest BCUT2D eigenvalue weighted by atomic mass is 19.4. The molecule has 196 valence electrons. The number of alkyl halides is 6. The number of carbonyl (C=O) groups is 2. The molecular weight excluding hydrogens is 520 g/mol. The molecule has 4 rings (SSSR count). The number of halogens is 6. The van der Waals surface area contributed by atoms with Crippen LogP contribution in [0.25, 0.3) is 22.5 Å². The summed E-state index contributed by atoms with van der Waals surface area (Å²) in [4.78, 5) is 23.9. The lowest BCUT2D eigenvalue weighted by Crippen LogP contribution is -2.21. The lowest BCUT2D eigenvalue weighted by atomic mass is 10.00. The summed E-state index contributed by atoms with van der Waals surface area (Å²) in [7, 11) is 0. The van der Waals surface area contributed by atoms with E-state index in [-0.39, 0.29) is 28.7 Å². The van der Waals surface area contributed by atoms with Gasteiger partial charge in [0.25, 0.3) is 0 Å². The number of nitrogens with one attached hydrogen (secondary N) is 3. The zero-order chi connectivity index (χ0) is 27.7. The molecule has 5 N–H and O–H groups in total. The van der Waals surface area contributed by atoms with E-state index in [0.717, 1.165) is 0 Å². The molecule has 0 aliphatic carbocycles. The molecule has 0 saturated heterocycles. The Kier molecular flexibility index (Phi) is 6.76. The van der Waals surface area contributed by atoms with Crippen molar-refractivity contribution in [3.8, 4) is 22.5 Å². The first kappa shape index (κ1) is 26.1. The van der Waals surface area contributed by atoms with Crippen LogP contribution in [0.2, 0.25) is 0 Å². The third-order valence-electron chi connectivity index (χ3n) is 5.20. The van der Waals surface area contributed by atoms with E-state index >= 15 is 0 Å². The van der Waals surface area contributed by atoms with Crippen LogP contribution in [0.5, 0.6) is 0 Å². The number of urea groups is 1. The predicted octanol–water partition coefficient (Wildman–Crippen LogP) is 5.31. The van der Waals surface area contributed by atoms with Gasteiger partial charge in [-0.1, -0.05) is 18.2 Å². The van der Waals surface area contributed by atoms with Gasteiger partial charge in [-0.25, -0.2) is 4.79 Å². The van der Waals surface area contributed by atoms with Crippen molar-refractivity contribution in [1.82, 2.24) is 20.6 Å². The van der Waals surface area contributed by atoms with Gasteiger partial charge in [-0.05, 0) is 58.8 Å². The summed E-state index contributed by atoms with van der Waals surface area (Å²) in [6.07, 6.45) is -10.2. The van der Waals surface area contributed by atoms with E-state index in [2.05, 4.69) is 25.9 Å². The molecule has 38 heavy (non-hydrogen) atoms. The summed E-state index contributed by atoms with van der Waals surface area (Å²) in [5, 5.41) is 17.8. The molecule has 0 aliphatic heterocycles. The second-order valence-electron chi connectivity index (χ2n) is 7.81. The van der Waals surface area contributed by atoms with Crippen LogP contribution in [-0.2, 0) is 12.4 Å². The normalized spacial score (nSPS) is 11.7. The SMILES string of the molecule is NC(=O)c1ccc(-c2ccc(NC(=O)Nc3cc(C(F)(F)F)cc(C(F)(F)F)c3)c(-c3nn[nH]n3)c2)cc1. The van der Waals surface area contributed by atoms with Crippen molar-refractivity contribution in [3.63, 3.8) is 0 Å². The van der Waals surface area contributed by atoms with E-state index in [4.69, 9.17) is 5.73 Å². The molecule has 0 spiro atoms. The molecule has 3 aromatic carbocycles. The highest BCUT2D eigenvalue weighted by molar-refractivity contribution is 6.02. The minimum Gasteiger partial charge on any atom is -0.366 e. The number of anilines is 2. The maximum atomic E-state index is 13.1. The molecule has 3 amide bonds. The Morgan fingerprint density at radius 2 is 1.39 bits per heavy atom. The van der Waals surface area contributed by atoms with E-state index < -0.39 is 41.1 Å². The number of tetrazole rings is 1. The van der Waals surface area contributed by atoms with E-state index in [9.17, 15) is 35.9 Å². The fourth-order valence-electron chi connectivity index (χ4n) is 3.43. The molecule has 9 nitrogen and oxygen atoms in total. The Bertz CT molecular complexity index is 1450. The number of benzene rings is 3. The highest BCUT2D eigenvalue weighted by Gasteiger charge is 2.37. The van der Waals surface area contributed by atoms with Crippen molar-refractivity contribution in [2.24, 2.45) is 5.73 Å². The van der Waals surface area contributed by atoms with Gasteiger partial charge >= 0.3 is 18.4 Å². The van der Waals surface area contributed by atoms with Crippen LogP contribution in [-0.4, -0.2) is 32.6 Å². The second-order valence-corrected chi connectivity index (χ2v) is 7.81. The third kappa shape index (κ3) is 5.88. The van der Waals surface area contributed by atoms with Gasteiger partial charge in [-0.3, -0.25) is 4.79 Å². The predicted molar refractivity (Wildman–Crippen MR) is 123 cm³/mol. The lowest BCUT2D eigenvalue weighted by Gasteiger charge is -2.16. The summed E-state index contributed by atoms with van der Waals surface area (Å²) in [5.74, 6) is -0.577. The quantitative estimate of drug-likeness (QED) is 0.257. The second kappa shape index (κ2) is 9.84. The van der Waals surface area contributed by atoms with Gasteiger partial charge in [0.15, 0.2) is 0 Å². The number of nitrogens with zero attached hydrogens (tertiary/aromatic N) is 3. The number of nitrogens with two attached hydrogens (primary N) is 1. The van der Waals surface area contributed by atoms with Crippen molar-refractivity contribution >= 4 is 23.3 Å². The van der Waals surface area contributed by atoms with Crippen molar-refractivity contribution in [2.75, 3.05) is 10.6 Å². The molecule has 0 aliphatic rings. The Hall–Kier alpha value is -4.95. The molecule has 1 aromatic heterocycles. The number of aromatic nitrogens is 4. The summed E-state index contributed by atoms with van der Waals surface area (Å²) in [6.45, 7) is 0. The van der Waals surface area contributed by atoms with Crippen LogP contribution in [0, 0.1) is 0 Å². The Labute approximate surface area is 209 Å². The van der Waals surface area contributed by atoms with Crippen LogP contribution in [0.4, 0.5) is 42.5 Å². The average molecular weight is 535 g/mol. The van der Waals surface area contributed by atoms with E-state index in [1.165, 1.54) is 18.2 Å².